The van der Waals surface area contributed by atoms with E-state index in [1.165, 1.54) is 12.1 Å². The van der Waals surface area contributed by atoms with E-state index in [0.717, 1.165) is 28.1 Å². The van der Waals surface area contributed by atoms with Crippen LogP contribution in [0.25, 0.3) is 11.3 Å². The summed E-state index contributed by atoms with van der Waals surface area (Å²) in [7, 11) is 0. The minimum atomic E-state index is -0.269. The molecule has 0 bridgehead atoms. The number of carbonyl (C=O) groups excluding carboxylic acids is 1. The molecule has 0 saturated carbocycles. The van der Waals surface area contributed by atoms with Crippen molar-refractivity contribution in [2.75, 3.05) is 11.9 Å². The van der Waals surface area contributed by atoms with Crippen molar-refractivity contribution in [3.8, 4) is 11.3 Å². The quantitative estimate of drug-likeness (QED) is 0.349. The molecule has 0 aliphatic heterocycles. The summed E-state index contributed by atoms with van der Waals surface area (Å²) in [5, 5.41) is 6.21. The Labute approximate surface area is 198 Å². The molecule has 2 aromatic carbocycles. The molecular weight excluding hydrogens is 429 g/mol. The van der Waals surface area contributed by atoms with Gasteiger partial charge in [0, 0.05) is 31.4 Å². The first-order chi connectivity index (χ1) is 16.6. The van der Waals surface area contributed by atoms with Gasteiger partial charge in [-0.3, -0.25) is 9.78 Å². The number of hydrogen-bond acceptors (Lipinski definition) is 5. The highest BCUT2D eigenvalue weighted by atomic mass is 19.1. The fraction of sp³-hybridized carbons (Fsp3) is 0.148. The maximum Gasteiger partial charge on any atom is 0.255 e. The first kappa shape index (κ1) is 23.1. The van der Waals surface area contributed by atoms with Crippen molar-refractivity contribution in [3.05, 3.63) is 113 Å². The van der Waals surface area contributed by atoms with Gasteiger partial charge in [0.05, 0.1) is 17.0 Å². The molecule has 7 heteroatoms. The van der Waals surface area contributed by atoms with Crippen LogP contribution in [0, 0.1) is 5.82 Å². The molecule has 1 amide bonds. The van der Waals surface area contributed by atoms with Gasteiger partial charge in [-0.15, -0.1) is 0 Å². The summed E-state index contributed by atoms with van der Waals surface area (Å²) >= 11 is 0. The average molecular weight is 456 g/mol. The Morgan fingerprint density at radius 1 is 0.971 bits per heavy atom. The molecule has 0 saturated heterocycles. The number of nitrogens with two attached hydrogens (primary N) is 1. The summed E-state index contributed by atoms with van der Waals surface area (Å²) in [6.45, 7) is 1.10. The minimum Gasteiger partial charge on any atom is -0.369 e. The molecule has 6 nitrogen and oxygen atoms in total. The van der Waals surface area contributed by atoms with E-state index in [1.807, 2.05) is 54.6 Å². The van der Waals surface area contributed by atoms with Crippen molar-refractivity contribution in [2.45, 2.75) is 19.5 Å². The van der Waals surface area contributed by atoms with Crippen LogP contribution in [0.1, 0.15) is 27.2 Å². The van der Waals surface area contributed by atoms with Gasteiger partial charge in [-0.1, -0.05) is 48.5 Å². The Kier molecular flexibility index (Phi) is 7.57. The van der Waals surface area contributed by atoms with Gasteiger partial charge >= 0.3 is 0 Å². The second-order valence-electron chi connectivity index (χ2n) is 7.76. The Hall–Kier alpha value is -4.10. The van der Waals surface area contributed by atoms with Crippen molar-refractivity contribution in [1.29, 1.82) is 0 Å². The van der Waals surface area contributed by atoms with E-state index < -0.39 is 0 Å². The Morgan fingerprint density at radius 3 is 2.62 bits per heavy atom. The predicted octanol–water partition coefficient (Wildman–Crippen LogP) is 4.33. The van der Waals surface area contributed by atoms with Crippen LogP contribution in [-0.2, 0) is 19.5 Å². The fourth-order valence-electron chi connectivity index (χ4n) is 3.65. The zero-order valence-corrected chi connectivity index (χ0v) is 18.7. The molecule has 4 N–H and O–H groups in total. The summed E-state index contributed by atoms with van der Waals surface area (Å²) in [5.74, 6) is -0.0540. The highest BCUT2D eigenvalue weighted by Gasteiger charge is 2.15. The van der Waals surface area contributed by atoms with Gasteiger partial charge in [0.15, 0.2) is 0 Å². The standard InChI is InChI=1S/C27H26FN5O/c28-22-10-4-6-19(16-22)13-15-31-26-23(11-12-24(33-26)20-7-2-1-3-8-20)27(34)32-18-21-9-5-14-30-25(21)17-29/h1-12,14,16H,13,15,17-18,29H2,(H,31,33)(H,32,34). The predicted molar refractivity (Wildman–Crippen MR) is 132 cm³/mol. The molecule has 0 aliphatic carbocycles. The van der Waals surface area contributed by atoms with Crippen LogP contribution in [0.15, 0.2) is 85.1 Å². The number of anilines is 1. The van der Waals surface area contributed by atoms with E-state index in [9.17, 15) is 9.18 Å². The number of nitrogens with one attached hydrogen (secondary N) is 2. The van der Waals surface area contributed by atoms with Gasteiger partial charge in [0.2, 0.25) is 0 Å². The first-order valence-corrected chi connectivity index (χ1v) is 11.1. The first-order valence-electron chi connectivity index (χ1n) is 11.1. The third-order valence-electron chi connectivity index (χ3n) is 5.42. The zero-order valence-electron chi connectivity index (χ0n) is 18.7. The fourth-order valence-corrected chi connectivity index (χ4v) is 3.65. The molecule has 2 heterocycles. The Balaban J connectivity index is 1.54. The number of carbonyl (C=O) groups is 1. The topological polar surface area (TPSA) is 92.9 Å². The van der Waals surface area contributed by atoms with Crippen molar-refractivity contribution >= 4 is 11.7 Å². The lowest BCUT2D eigenvalue weighted by Gasteiger charge is -2.14. The molecule has 4 aromatic rings. The molecule has 2 aromatic heterocycles. The van der Waals surface area contributed by atoms with Gasteiger partial charge < -0.3 is 16.4 Å². The second-order valence-corrected chi connectivity index (χ2v) is 7.76. The smallest absolute Gasteiger partial charge is 0.255 e. The van der Waals surface area contributed by atoms with Crippen molar-refractivity contribution in [2.24, 2.45) is 5.73 Å². The summed E-state index contributed by atoms with van der Waals surface area (Å²) < 4.78 is 13.5. The van der Waals surface area contributed by atoms with Gasteiger partial charge in [0.1, 0.15) is 11.6 Å². The molecule has 172 valence electrons. The minimum absolute atomic E-state index is 0.257. The molecule has 0 spiro atoms. The van der Waals surface area contributed by atoms with Crippen LogP contribution in [0.2, 0.25) is 0 Å². The molecular formula is C27H26FN5O. The third kappa shape index (κ3) is 5.82. The second kappa shape index (κ2) is 11.2. The molecule has 0 unspecified atom stereocenters. The number of halogens is 1. The number of amides is 1. The van der Waals surface area contributed by atoms with E-state index in [0.29, 0.717) is 37.4 Å². The van der Waals surface area contributed by atoms with Crippen LogP contribution in [0.3, 0.4) is 0 Å². The number of benzene rings is 2. The monoisotopic (exact) mass is 455 g/mol. The van der Waals surface area contributed by atoms with Gasteiger partial charge in [-0.2, -0.15) is 0 Å². The average Bonchev–Trinajstić information content (AvgIpc) is 2.88. The summed E-state index contributed by atoms with van der Waals surface area (Å²) in [4.78, 5) is 22.1. The number of pyridine rings is 2. The lowest BCUT2D eigenvalue weighted by atomic mass is 10.1. The van der Waals surface area contributed by atoms with Gasteiger partial charge in [-0.05, 0) is 47.9 Å². The van der Waals surface area contributed by atoms with Crippen molar-refractivity contribution < 1.29 is 9.18 Å². The third-order valence-corrected chi connectivity index (χ3v) is 5.42. The number of nitrogens with zero attached hydrogens (tertiary/aromatic N) is 2. The van der Waals surface area contributed by atoms with E-state index in [-0.39, 0.29) is 11.7 Å². The van der Waals surface area contributed by atoms with Crippen LogP contribution < -0.4 is 16.4 Å². The number of hydrogen-bond donors (Lipinski definition) is 3. The molecule has 4 rings (SSSR count). The summed E-state index contributed by atoms with van der Waals surface area (Å²) in [6, 6.07) is 23.5. The Morgan fingerprint density at radius 2 is 1.82 bits per heavy atom. The van der Waals surface area contributed by atoms with Crippen LogP contribution >= 0.6 is 0 Å². The highest BCUT2D eigenvalue weighted by Crippen LogP contribution is 2.22. The van der Waals surface area contributed by atoms with E-state index >= 15 is 0 Å². The summed E-state index contributed by atoms with van der Waals surface area (Å²) in [5.41, 5.74) is 10.4. The van der Waals surface area contributed by atoms with Gasteiger partial charge in [-0.25, -0.2) is 9.37 Å². The molecule has 0 fully saturated rings. The normalized spacial score (nSPS) is 10.6. The van der Waals surface area contributed by atoms with Crippen LogP contribution in [0.4, 0.5) is 10.2 Å². The lowest BCUT2D eigenvalue weighted by molar-refractivity contribution is 0.0951. The molecule has 0 radical (unpaired) electrons. The largest absolute Gasteiger partial charge is 0.369 e. The summed E-state index contributed by atoms with van der Waals surface area (Å²) in [6.07, 6.45) is 2.27. The van der Waals surface area contributed by atoms with E-state index in [4.69, 9.17) is 10.7 Å². The van der Waals surface area contributed by atoms with Crippen LogP contribution in [-0.4, -0.2) is 22.4 Å². The van der Waals surface area contributed by atoms with Crippen molar-refractivity contribution in [1.82, 2.24) is 15.3 Å². The molecule has 34 heavy (non-hydrogen) atoms. The lowest BCUT2D eigenvalue weighted by Crippen LogP contribution is -2.25. The van der Waals surface area contributed by atoms with E-state index in [1.54, 1.807) is 18.3 Å². The SMILES string of the molecule is NCc1ncccc1CNC(=O)c1ccc(-c2ccccc2)nc1NCCc1cccc(F)c1. The number of aromatic nitrogens is 2. The molecule has 0 aliphatic rings. The maximum atomic E-state index is 13.5. The maximum absolute atomic E-state index is 13.5. The molecule has 0 atom stereocenters. The van der Waals surface area contributed by atoms with E-state index in [2.05, 4.69) is 15.6 Å². The highest BCUT2D eigenvalue weighted by molar-refractivity contribution is 5.99. The van der Waals surface area contributed by atoms with Crippen molar-refractivity contribution in [3.63, 3.8) is 0 Å². The van der Waals surface area contributed by atoms with Crippen LogP contribution in [0.5, 0.6) is 0 Å². The Bertz CT molecular complexity index is 1260. The zero-order chi connectivity index (χ0) is 23.8. The number of rotatable bonds is 9. The van der Waals surface area contributed by atoms with Gasteiger partial charge in [0.25, 0.3) is 5.91 Å².